The third-order valence-electron chi connectivity index (χ3n) is 4.05. The van der Waals surface area contributed by atoms with E-state index in [2.05, 4.69) is 6.07 Å². The molecule has 2 N–H and O–H groups in total. The Morgan fingerprint density at radius 3 is 2.71 bits per heavy atom. The van der Waals surface area contributed by atoms with Gasteiger partial charge in [-0.25, -0.2) is 0 Å². The molecular formula is C16H21N3O2. The van der Waals surface area contributed by atoms with Crippen LogP contribution in [-0.2, 0) is 4.79 Å². The monoisotopic (exact) mass is 287 g/mol. The maximum absolute atomic E-state index is 12.9. The van der Waals surface area contributed by atoms with Gasteiger partial charge in [0, 0.05) is 13.0 Å². The molecule has 1 aliphatic heterocycles. The number of nitrogens with zero attached hydrogens (tertiary/aromatic N) is 2. The van der Waals surface area contributed by atoms with Gasteiger partial charge in [-0.15, -0.1) is 0 Å². The Labute approximate surface area is 125 Å². The lowest BCUT2D eigenvalue weighted by Crippen LogP contribution is -2.56. The number of carbonyl (C=O) groups excluding carboxylic acids is 1. The molecule has 1 heterocycles. The van der Waals surface area contributed by atoms with Crippen LogP contribution in [0.5, 0.6) is 5.75 Å². The van der Waals surface area contributed by atoms with Crippen molar-refractivity contribution < 1.29 is 9.53 Å². The molecular weight excluding hydrogens is 266 g/mol. The maximum Gasteiger partial charge on any atom is 0.271 e. The van der Waals surface area contributed by atoms with E-state index in [1.165, 1.54) is 0 Å². The Bertz CT molecular complexity index is 573. The molecule has 1 amide bonds. The zero-order chi connectivity index (χ0) is 15.5. The number of hydrogen-bond acceptors (Lipinski definition) is 4. The largest absolute Gasteiger partial charge is 0.475 e. The minimum absolute atomic E-state index is 0.0594. The highest BCUT2D eigenvalue weighted by molar-refractivity contribution is 6.05. The Morgan fingerprint density at radius 1 is 1.38 bits per heavy atom. The first-order valence-corrected chi connectivity index (χ1v) is 7.36. The van der Waals surface area contributed by atoms with Gasteiger partial charge < -0.3 is 15.4 Å². The molecule has 1 aliphatic rings. The second-order valence-electron chi connectivity index (χ2n) is 5.22. The van der Waals surface area contributed by atoms with Crippen molar-refractivity contribution in [3.8, 4) is 11.8 Å². The van der Waals surface area contributed by atoms with Crippen LogP contribution in [0.1, 0.15) is 39.5 Å². The molecule has 2 rings (SSSR count). The predicted octanol–water partition coefficient (Wildman–Crippen LogP) is 2.86. The molecule has 1 aromatic rings. The average molecular weight is 287 g/mol. The van der Waals surface area contributed by atoms with Gasteiger partial charge in [-0.2, -0.15) is 5.26 Å². The van der Waals surface area contributed by atoms with Crippen molar-refractivity contribution >= 4 is 17.3 Å². The quantitative estimate of drug-likeness (QED) is 0.667. The Balaban J connectivity index is 2.45. The summed E-state index contributed by atoms with van der Waals surface area (Å²) in [7, 11) is 0. The number of benzene rings is 1. The molecule has 0 fully saturated rings. The first-order valence-electron chi connectivity index (χ1n) is 7.36. The van der Waals surface area contributed by atoms with E-state index in [0.717, 1.165) is 0 Å². The van der Waals surface area contributed by atoms with Crippen LogP contribution in [0.15, 0.2) is 18.2 Å². The van der Waals surface area contributed by atoms with Crippen LogP contribution < -0.4 is 15.4 Å². The molecule has 21 heavy (non-hydrogen) atoms. The van der Waals surface area contributed by atoms with E-state index in [4.69, 9.17) is 15.7 Å². The normalized spacial score (nSPS) is 16.0. The average Bonchev–Trinajstić information content (AvgIpc) is 2.49. The first-order chi connectivity index (χ1) is 10.1. The molecule has 0 spiro atoms. The van der Waals surface area contributed by atoms with Gasteiger partial charge in [-0.3, -0.25) is 4.79 Å². The van der Waals surface area contributed by atoms with Crippen LogP contribution in [0, 0.1) is 11.3 Å². The number of hydrogen-bond donors (Lipinski definition) is 1. The fraction of sp³-hybridized carbons (Fsp3) is 0.500. The van der Waals surface area contributed by atoms with E-state index in [0.29, 0.717) is 49.4 Å². The topological polar surface area (TPSA) is 79.3 Å². The third kappa shape index (κ3) is 2.54. The summed E-state index contributed by atoms with van der Waals surface area (Å²) >= 11 is 0. The lowest BCUT2D eigenvalue weighted by molar-refractivity contribution is -0.136. The molecule has 112 valence electrons. The zero-order valence-electron chi connectivity index (χ0n) is 12.6. The van der Waals surface area contributed by atoms with Crippen molar-refractivity contribution in [2.24, 2.45) is 0 Å². The third-order valence-corrected chi connectivity index (χ3v) is 4.05. The van der Waals surface area contributed by atoms with Gasteiger partial charge in [0.15, 0.2) is 5.60 Å². The summed E-state index contributed by atoms with van der Waals surface area (Å²) in [6, 6.07) is 7.54. The van der Waals surface area contributed by atoms with E-state index < -0.39 is 5.60 Å². The SMILES string of the molecule is CCC1(CC)Oc2cccc(N)c2N(CCCC#N)C1=O. The smallest absolute Gasteiger partial charge is 0.271 e. The molecule has 1 aromatic carbocycles. The number of amides is 1. The van der Waals surface area contributed by atoms with Crippen LogP contribution in [0.3, 0.4) is 0 Å². The number of para-hydroxylation sites is 1. The maximum atomic E-state index is 12.9. The lowest BCUT2D eigenvalue weighted by Gasteiger charge is -2.42. The van der Waals surface area contributed by atoms with Gasteiger partial charge in [-0.1, -0.05) is 19.9 Å². The van der Waals surface area contributed by atoms with E-state index >= 15 is 0 Å². The van der Waals surface area contributed by atoms with Crippen LogP contribution in [0.2, 0.25) is 0 Å². The number of nitrogen functional groups attached to an aromatic ring is 1. The Kier molecular flexibility index (Phi) is 4.37. The molecule has 0 aromatic heterocycles. The summed E-state index contributed by atoms with van der Waals surface area (Å²) in [4.78, 5) is 14.6. The molecule has 0 saturated carbocycles. The van der Waals surface area contributed by atoms with E-state index in [1.807, 2.05) is 26.0 Å². The number of unbranched alkanes of at least 4 members (excludes halogenated alkanes) is 1. The van der Waals surface area contributed by atoms with Crippen molar-refractivity contribution in [1.82, 2.24) is 0 Å². The van der Waals surface area contributed by atoms with Gasteiger partial charge in [0.05, 0.1) is 11.8 Å². The van der Waals surface area contributed by atoms with E-state index in [1.54, 1.807) is 11.0 Å². The molecule has 0 radical (unpaired) electrons. The van der Waals surface area contributed by atoms with Crippen LogP contribution in [0.25, 0.3) is 0 Å². The minimum Gasteiger partial charge on any atom is -0.475 e. The number of ether oxygens (including phenoxy) is 1. The fourth-order valence-corrected chi connectivity index (χ4v) is 2.74. The van der Waals surface area contributed by atoms with E-state index in [-0.39, 0.29) is 5.91 Å². The molecule has 0 aliphatic carbocycles. The number of carbonyl (C=O) groups is 1. The molecule has 0 unspecified atom stereocenters. The molecule has 0 atom stereocenters. The second kappa shape index (κ2) is 6.04. The summed E-state index contributed by atoms with van der Waals surface area (Å²) in [5.74, 6) is 0.589. The highest BCUT2D eigenvalue weighted by Crippen LogP contribution is 2.43. The molecule has 5 heteroatoms. The standard InChI is InChI=1S/C16H21N3O2/c1-3-16(4-2)15(20)19(11-6-5-10-17)14-12(18)8-7-9-13(14)21-16/h7-9H,3-6,11,18H2,1-2H3. The fourth-order valence-electron chi connectivity index (χ4n) is 2.74. The lowest BCUT2D eigenvalue weighted by atomic mass is 9.92. The molecule has 5 nitrogen and oxygen atoms in total. The van der Waals surface area contributed by atoms with Crippen LogP contribution in [-0.4, -0.2) is 18.1 Å². The molecule has 0 bridgehead atoms. The number of nitrogens with two attached hydrogens (primary N) is 1. The summed E-state index contributed by atoms with van der Waals surface area (Å²) in [5, 5.41) is 8.70. The summed E-state index contributed by atoms with van der Waals surface area (Å²) in [5.41, 5.74) is 6.37. The minimum atomic E-state index is -0.826. The van der Waals surface area contributed by atoms with Gasteiger partial charge in [0.25, 0.3) is 5.91 Å². The summed E-state index contributed by atoms with van der Waals surface area (Å²) < 4.78 is 6.01. The van der Waals surface area contributed by atoms with Gasteiger partial charge >= 0.3 is 0 Å². The Hall–Kier alpha value is -2.22. The number of nitriles is 1. The van der Waals surface area contributed by atoms with E-state index in [9.17, 15) is 4.79 Å². The second-order valence-corrected chi connectivity index (χ2v) is 5.22. The van der Waals surface area contributed by atoms with Crippen molar-refractivity contribution in [2.45, 2.75) is 45.1 Å². The van der Waals surface area contributed by atoms with Gasteiger partial charge in [-0.05, 0) is 31.4 Å². The number of anilines is 2. The van der Waals surface area contributed by atoms with Crippen LogP contribution >= 0.6 is 0 Å². The summed E-state index contributed by atoms with van der Waals surface area (Å²) in [6.07, 6.45) is 2.24. The van der Waals surface area contributed by atoms with Crippen molar-refractivity contribution in [1.29, 1.82) is 5.26 Å². The van der Waals surface area contributed by atoms with Crippen molar-refractivity contribution in [3.63, 3.8) is 0 Å². The Morgan fingerprint density at radius 2 is 2.10 bits per heavy atom. The predicted molar refractivity (Wildman–Crippen MR) is 82.0 cm³/mol. The first kappa shape index (κ1) is 15.2. The number of fused-ring (bicyclic) bond motifs is 1. The van der Waals surface area contributed by atoms with Crippen molar-refractivity contribution in [2.75, 3.05) is 17.2 Å². The van der Waals surface area contributed by atoms with Gasteiger partial charge in [0.1, 0.15) is 11.4 Å². The zero-order valence-corrected chi connectivity index (χ0v) is 12.6. The number of rotatable bonds is 5. The van der Waals surface area contributed by atoms with Gasteiger partial charge in [0.2, 0.25) is 0 Å². The highest BCUT2D eigenvalue weighted by Gasteiger charge is 2.46. The molecule has 0 saturated heterocycles. The summed E-state index contributed by atoms with van der Waals surface area (Å²) in [6.45, 7) is 4.39. The highest BCUT2D eigenvalue weighted by atomic mass is 16.5. The van der Waals surface area contributed by atoms with Crippen LogP contribution in [0.4, 0.5) is 11.4 Å². The van der Waals surface area contributed by atoms with Crippen molar-refractivity contribution in [3.05, 3.63) is 18.2 Å².